The summed E-state index contributed by atoms with van der Waals surface area (Å²) in [6, 6.07) is 11.0. The predicted octanol–water partition coefficient (Wildman–Crippen LogP) is 3.53. The molecule has 2 aromatic rings. The molecule has 162 valence electrons. The van der Waals surface area contributed by atoms with Gasteiger partial charge in [-0.1, -0.05) is 25.1 Å². The van der Waals surface area contributed by atoms with Gasteiger partial charge in [0, 0.05) is 5.69 Å². The van der Waals surface area contributed by atoms with Crippen molar-refractivity contribution in [1.29, 1.82) is 0 Å². The number of rotatable bonds is 8. The van der Waals surface area contributed by atoms with E-state index in [0.29, 0.717) is 22.5 Å². The van der Waals surface area contributed by atoms with Gasteiger partial charge in [0.2, 0.25) is 15.9 Å². The quantitative estimate of drug-likeness (QED) is 0.644. The standard InChI is InChI=1S/C22H28N2O5S/c1-6-17-11-13-18(14-12-17)24(30(5,27)28)16(4)21(25)23-20-10-8-9-19(15(20)3)22(26)29-7-2/h8-14,16H,6-7H2,1-5H3,(H,23,25)/t16-/m0/s1. The minimum absolute atomic E-state index is 0.242. The summed E-state index contributed by atoms with van der Waals surface area (Å²) in [5.41, 5.74) is 2.80. The molecule has 0 unspecified atom stereocenters. The second-order valence-corrected chi connectivity index (χ2v) is 8.80. The van der Waals surface area contributed by atoms with E-state index in [4.69, 9.17) is 4.74 Å². The number of amides is 1. The van der Waals surface area contributed by atoms with Gasteiger partial charge in [-0.25, -0.2) is 13.2 Å². The van der Waals surface area contributed by atoms with E-state index in [2.05, 4.69) is 5.32 Å². The average Bonchev–Trinajstić information content (AvgIpc) is 2.69. The normalized spacial score (nSPS) is 12.2. The zero-order chi connectivity index (χ0) is 22.5. The molecule has 1 atom stereocenters. The molecular formula is C22H28N2O5S. The molecule has 0 saturated heterocycles. The summed E-state index contributed by atoms with van der Waals surface area (Å²) in [6.07, 6.45) is 1.89. The molecule has 1 N–H and O–H groups in total. The van der Waals surface area contributed by atoms with Crippen molar-refractivity contribution in [2.24, 2.45) is 0 Å². The van der Waals surface area contributed by atoms with Crippen LogP contribution in [0, 0.1) is 6.92 Å². The summed E-state index contributed by atoms with van der Waals surface area (Å²) in [5, 5.41) is 2.74. The average molecular weight is 433 g/mol. The number of carbonyl (C=O) groups is 2. The number of esters is 1. The third-order valence-electron chi connectivity index (χ3n) is 4.77. The predicted molar refractivity (Wildman–Crippen MR) is 118 cm³/mol. The molecule has 0 fully saturated rings. The molecule has 1 amide bonds. The van der Waals surface area contributed by atoms with Gasteiger partial charge in [0.1, 0.15) is 6.04 Å². The van der Waals surface area contributed by atoms with Crippen LogP contribution in [-0.2, 0) is 26.0 Å². The van der Waals surface area contributed by atoms with Gasteiger partial charge in [-0.05, 0) is 62.6 Å². The van der Waals surface area contributed by atoms with E-state index in [1.807, 2.05) is 19.1 Å². The smallest absolute Gasteiger partial charge is 0.338 e. The van der Waals surface area contributed by atoms with E-state index >= 15 is 0 Å². The first-order valence-corrected chi connectivity index (χ1v) is 11.6. The van der Waals surface area contributed by atoms with E-state index in [0.717, 1.165) is 22.5 Å². The molecular weight excluding hydrogens is 404 g/mol. The summed E-state index contributed by atoms with van der Waals surface area (Å²) >= 11 is 0. The maximum Gasteiger partial charge on any atom is 0.338 e. The van der Waals surface area contributed by atoms with E-state index in [9.17, 15) is 18.0 Å². The molecule has 0 radical (unpaired) electrons. The molecule has 0 aliphatic heterocycles. The Kier molecular flexibility index (Phi) is 7.61. The largest absolute Gasteiger partial charge is 0.462 e. The number of hydrogen-bond acceptors (Lipinski definition) is 5. The Morgan fingerprint density at radius 1 is 1.10 bits per heavy atom. The van der Waals surface area contributed by atoms with E-state index in [-0.39, 0.29) is 6.61 Å². The number of benzene rings is 2. The lowest BCUT2D eigenvalue weighted by Gasteiger charge is -2.28. The Balaban J connectivity index is 2.32. The number of hydrogen-bond donors (Lipinski definition) is 1. The van der Waals surface area contributed by atoms with Crippen molar-refractivity contribution in [3.8, 4) is 0 Å². The van der Waals surface area contributed by atoms with Gasteiger partial charge in [0.05, 0.1) is 24.1 Å². The third-order valence-corrected chi connectivity index (χ3v) is 6.02. The fraction of sp³-hybridized carbons (Fsp3) is 0.364. The first-order chi connectivity index (χ1) is 14.1. The summed E-state index contributed by atoms with van der Waals surface area (Å²) in [4.78, 5) is 25.0. The van der Waals surface area contributed by atoms with Crippen LogP contribution in [0.15, 0.2) is 42.5 Å². The van der Waals surface area contributed by atoms with E-state index in [1.165, 1.54) is 6.92 Å². The first kappa shape index (κ1) is 23.4. The van der Waals surface area contributed by atoms with E-state index < -0.39 is 27.9 Å². The number of aryl methyl sites for hydroxylation is 1. The highest BCUT2D eigenvalue weighted by molar-refractivity contribution is 7.92. The topological polar surface area (TPSA) is 92.8 Å². The number of ether oxygens (including phenoxy) is 1. The molecule has 0 aliphatic rings. The van der Waals surface area contributed by atoms with Gasteiger partial charge in [-0.15, -0.1) is 0 Å². The molecule has 7 nitrogen and oxygen atoms in total. The second kappa shape index (κ2) is 9.75. The summed E-state index contributed by atoms with van der Waals surface area (Å²) < 4.78 is 31.0. The summed E-state index contributed by atoms with van der Waals surface area (Å²) in [7, 11) is -3.71. The van der Waals surface area contributed by atoms with Crippen LogP contribution < -0.4 is 9.62 Å². The van der Waals surface area contributed by atoms with Crippen molar-refractivity contribution >= 4 is 33.3 Å². The second-order valence-electron chi connectivity index (χ2n) is 6.94. The van der Waals surface area contributed by atoms with E-state index in [1.54, 1.807) is 44.2 Å². The zero-order valence-corrected chi connectivity index (χ0v) is 18.7. The lowest BCUT2D eigenvalue weighted by molar-refractivity contribution is -0.116. The lowest BCUT2D eigenvalue weighted by atomic mass is 10.1. The molecule has 0 heterocycles. The Morgan fingerprint density at radius 3 is 2.27 bits per heavy atom. The fourth-order valence-corrected chi connectivity index (χ4v) is 4.30. The maximum atomic E-state index is 12.9. The Morgan fingerprint density at radius 2 is 1.73 bits per heavy atom. The lowest BCUT2D eigenvalue weighted by Crippen LogP contribution is -2.45. The molecule has 0 aromatic heterocycles. The first-order valence-electron chi connectivity index (χ1n) is 9.76. The van der Waals surface area contributed by atoms with Crippen molar-refractivity contribution < 1.29 is 22.7 Å². The maximum absolute atomic E-state index is 12.9. The highest BCUT2D eigenvalue weighted by atomic mass is 32.2. The molecule has 0 bridgehead atoms. The van der Waals surface area contributed by atoms with Gasteiger partial charge in [0.25, 0.3) is 0 Å². The molecule has 8 heteroatoms. The molecule has 2 aromatic carbocycles. The summed E-state index contributed by atoms with van der Waals surface area (Å²) in [5.74, 6) is -0.989. The van der Waals surface area contributed by atoms with Gasteiger partial charge in [-0.2, -0.15) is 0 Å². The van der Waals surface area contributed by atoms with Crippen molar-refractivity contribution in [2.45, 2.75) is 40.2 Å². The van der Waals surface area contributed by atoms with Gasteiger partial charge in [0.15, 0.2) is 0 Å². The Hall–Kier alpha value is -2.87. The van der Waals surface area contributed by atoms with Crippen LogP contribution in [0.25, 0.3) is 0 Å². The van der Waals surface area contributed by atoms with Crippen molar-refractivity contribution in [2.75, 3.05) is 22.5 Å². The van der Waals surface area contributed by atoms with Crippen LogP contribution >= 0.6 is 0 Å². The highest BCUT2D eigenvalue weighted by Crippen LogP contribution is 2.24. The van der Waals surface area contributed by atoms with Crippen LogP contribution in [0.3, 0.4) is 0 Å². The Labute approximate surface area is 178 Å². The van der Waals surface area contributed by atoms with Crippen LogP contribution in [0.1, 0.15) is 42.3 Å². The molecule has 0 aliphatic carbocycles. The van der Waals surface area contributed by atoms with Crippen LogP contribution in [0.5, 0.6) is 0 Å². The van der Waals surface area contributed by atoms with Crippen LogP contribution in [-0.4, -0.2) is 39.2 Å². The highest BCUT2D eigenvalue weighted by Gasteiger charge is 2.29. The minimum Gasteiger partial charge on any atom is -0.462 e. The molecule has 30 heavy (non-hydrogen) atoms. The monoisotopic (exact) mass is 432 g/mol. The zero-order valence-electron chi connectivity index (χ0n) is 17.9. The number of nitrogens with zero attached hydrogens (tertiary/aromatic N) is 1. The number of anilines is 2. The number of sulfonamides is 1. The number of carbonyl (C=O) groups excluding carboxylic acids is 2. The minimum atomic E-state index is -3.71. The third kappa shape index (κ3) is 5.38. The van der Waals surface area contributed by atoms with Crippen molar-refractivity contribution in [3.63, 3.8) is 0 Å². The van der Waals surface area contributed by atoms with Crippen molar-refractivity contribution in [1.82, 2.24) is 0 Å². The SMILES string of the molecule is CCOC(=O)c1cccc(NC(=O)[C@H](C)N(c2ccc(CC)cc2)S(C)(=O)=O)c1C. The van der Waals surface area contributed by atoms with Gasteiger partial charge in [-0.3, -0.25) is 9.10 Å². The van der Waals surface area contributed by atoms with Gasteiger partial charge < -0.3 is 10.1 Å². The molecule has 0 saturated carbocycles. The molecule has 2 rings (SSSR count). The van der Waals surface area contributed by atoms with Crippen molar-refractivity contribution in [3.05, 3.63) is 59.2 Å². The number of nitrogens with one attached hydrogen (secondary N) is 1. The Bertz CT molecular complexity index is 1020. The van der Waals surface area contributed by atoms with Crippen LogP contribution in [0.4, 0.5) is 11.4 Å². The summed E-state index contributed by atoms with van der Waals surface area (Å²) in [6.45, 7) is 7.19. The van der Waals surface area contributed by atoms with Crippen LogP contribution in [0.2, 0.25) is 0 Å². The van der Waals surface area contributed by atoms with Gasteiger partial charge >= 0.3 is 5.97 Å². The molecule has 0 spiro atoms. The fourth-order valence-electron chi connectivity index (χ4n) is 3.13.